The van der Waals surface area contributed by atoms with E-state index in [2.05, 4.69) is 20.1 Å². The van der Waals surface area contributed by atoms with Crippen LogP contribution in [0.5, 0.6) is 0 Å². The number of benzene rings is 2. The average molecular weight is 426 g/mol. The molecule has 1 N–H and O–H groups in total. The number of anilines is 1. The zero-order valence-corrected chi connectivity index (χ0v) is 17.9. The first-order valence-corrected chi connectivity index (χ1v) is 10.4. The molecule has 7 heteroatoms. The van der Waals surface area contributed by atoms with Gasteiger partial charge in [0.2, 0.25) is 5.13 Å². The largest absolute Gasteiger partial charge is 0.318 e. The Morgan fingerprint density at radius 1 is 1.06 bits per heavy atom. The Morgan fingerprint density at radius 3 is 2.42 bits per heavy atom. The van der Waals surface area contributed by atoms with Gasteiger partial charge in [0.1, 0.15) is 16.6 Å². The first-order valence-electron chi connectivity index (χ1n) is 9.63. The minimum Gasteiger partial charge on any atom is -0.318 e. The summed E-state index contributed by atoms with van der Waals surface area (Å²) in [6.07, 6.45) is 1.61. The van der Waals surface area contributed by atoms with Crippen LogP contribution in [-0.4, -0.2) is 20.7 Å². The van der Waals surface area contributed by atoms with E-state index in [0.717, 1.165) is 28.2 Å². The third-order valence-corrected chi connectivity index (χ3v) is 5.70. The molecular weight excluding hydrogens is 406 g/mol. The van der Waals surface area contributed by atoms with Gasteiger partial charge >= 0.3 is 0 Å². The molecule has 0 aliphatic carbocycles. The predicted molar refractivity (Wildman–Crippen MR) is 123 cm³/mol. The Balaban J connectivity index is 1.58. The van der Waals surface area contributed by atoms with Crippen molar-refractivity contribution in [3.8, 4) is 22.3 Å². The van der Waals surface area contributed by atoms with Gasteiger partial charge in [-0.1, -0.05) is 59.9 Å². The molecule has 31 heavy (non-hydrogen) atoms. The molecule has 0 saturated heterocycles. The van der Waals surface area contributed by atoms with Gasteiger partial charge in [-0.3, -0.25) is 10.1 Å². The van der Waals surface area contributed by atoms with Crippen molar-refractivity contribution in [2.75, 3.05) is 5.32 Å². The molecule has 0 fully saturated rings. The topological polar surface area (TPSA) is 83.6 Å². The third kappa shape index (κ3) is 4.29. The molecule has 0 aliphatic heterocycles. The molecular formula is C24H19N5OS. The van der Waals surface area contributed by atoms with Crippen molar-refractivity contribution in [1.82, 2.24) is 14.8 Å². The fraction of sp³-hybridized carbons (Fsp3) is 0.0833. The molecule has 0 aliphatic rings. The van der Waals surface area contributed by atoms with Gasteiger partial charge in [0.25, 0.3) is 5.91 Å². The molecule has 152 valence electrons. The summed E-state index contributed by atoms with van der Waals surface area (Å²) >= 11 is 1.26. The van der Waals surface area contributed by atoms with Crippen LogP contribution in [0.15, 0.2) is 72.3 Å². The van der Waals surface area contributed by atoms with Crippen LogP contribution >= 0.6 is 11.3 Å². The van der Waals surface area contributed by atoms with Crippen molar-refractivity contribution in [3.63, 3.8) is 0 Å². The lowest BCUT2D eigenvalue weighted by molar-refractivity contribution is -0.112. The standard InChI is InChI=1S/C24H19N5OS/c1-16-13-19(17(2)29(16)21-11-7-4-8-12-21)14-20(15-25)22(30)26-24-28-27-23(31-24)18-9-5-3-6-10-18/h3-14H,1-2H3,(H,26,28,30)/b20-14-. The van der Waals surface area contributed by atoms with E-state index in [1.807, 2.05) is 86.6 Å². The van der Waals surface area contributed by atoms with Gasteiger partial charge in [-0.05, 0) is 43.7 Å². The molecule has 2 heterocycles. The highest BCUT2D eigenvalue weighted by molar-refractivity contribution is 7.18. The summed E-state index contributed by atoms with van der Waals surface area (Å²) in [5.41, 5.74) is 4.74. The second kappa shape index (κ2) is 8.78. The first-order chi connectivity index (χ1) is 15.1. The molecule has 0 bridgehead atoms. The number of hydrogen-bond acceptors (Lipinski definition) is 5. The van der Waals surface area contributed by atoms with Crippen LogP contribution in [0.2, 0.25) is 0 Å². The van der Waals surface area contributed by atoms with Crippen molar-refractivity contribution in [2.45, 2.75) is 13.8 Å². The van der Waals surface area contributed by atoms with Crippen molar-refractivity contribution in [3.05, 3.63) is 89.3 Å². The van der Waals surface area contributed by atoms with E-state index in [4.69, 9.17) is 0 Å². The maximum atomic E-state index is 12.7. The highest BCUT2D eigenvalue weighted by Crippen LogP contribution is 2.27. The summed E-state index contributed by atoms with van der Waals surface area (Å²) in [6.45, 7) is 3.96. The van der Waals surface area contributed by atoms with Crippen LogP contribution < -0.4 is 5.32 Å². The summed E-state index contributed by atoms with van der Waals surface area (Å²) in [5.74, 6) is -0.511. The molecule has 1 amide bonds. The molecule has 0 unspecified atom stereocenters. The second-order valence-corrected chi connectivity index (χ2v) is 7.88. The Bertz CT molecular complexity index is 1300. The number of hydrogen-bond donors (Lipinski definition) is 1. The molecule has 0 spiro atoms. The zero-order chi connectivity index (χ0) is 21.8. The summed E-state index contributed by atoms with van der Waals surface area (Å²) in [4.78, 5) is 12.7. The zero-order valence-electron chi connectivity index (χ0n) is 17.0. The van der Waals surface area contributed by atoms with Crippen molar-refractivity contribution in [2.24, 2.45) is 0 Å². The van der Waals surface area contributed by atoms with Gasteiger partial charge in [0.05, 0.1) is 0 Å². The maximum Gasteiger partial charge on any atom is 0.268 e. The number of para-hydroxylation sites is 1. The first kappa shape index (κ1) is 20.3. The Labute approximate surface area is 184 Å². The number of aromatic nitrogens is 3. The summed E-state index contributed by atoms with van der Waals surface area (Å²) in [6, 6.07) is 23.5. The van der Waals surface area contributed by atoms with Gasteiger partial charge in [0, 0.05) is 22.6 Å². The number of nitrogens with zero attached hydrogens (tertiary/aromatic N) is 4. The molecule has 0 atom stereocenters. The molecule has 0 saturated carbocycles. The van der Waals surface area contributed by atoms with Gasteiger partial charge < -0.3 is 4.57 Å². The summed E-state index contributed by atoms with van der Waals surface area (Å²) in [7, 11) is 0. The van der Waals surface area contributed by atoms with Gasteiger partial charge in [-0.15, -0.1) is 10.2 Å². The third-order valence-electron chi connectivity index (χ3n) is 4.82. The number of nitriles is 1. The number of amides is 1. The lowest BCUT2D eigenvalue weighted by Crippen LogP contribution is -2.13. The van der Waals surface area contributed by atoms with E-state index in [1.165, 1.54) is 11.3 Å². The monoisotopic (exact) mass is 425 g/mol. The molecule has 4 aromatic rings. The van der Waals surface area contributed by atoms with Crippen LogP contribution in [-0.2, 0) is 4.79 Å². The van der Waals surface area contributed by atoms with E-state index in [0.29, 0.717) is 10.1 Å². The summed E-state index contributed by atoms with van der Waals surface area (Å²) in [5, 5.41) is 21.5. The van der Waals surface area contributed by atoms with E-state index in [-0.39, 0.29) is 5.57 Å². The van der Waals surface area contributed by atoms with Crippen LogP contribution in [0.3, 0.4) is 0 Å². The SMILES string of the molecule is Cc1cc(/C=C(/C#N)C(=O)Nc2nnc(-c3ccccc3)s2)c(C)n1-c1ccccc1. The van der Waals surface area contributed by atoms with Gasteiger partial charge in [-0.25, -0.2) is 0 Å². The van der Waals surface area contributed by atoms with Crippen molar-refractivity contribution < 1.29 is 4.79 Å². The lowest BCUT2D eigenvalue weighted by Gasteiger charge is -2.09. The lowest BCUT2D eigenvalue weighted by atomic mass is 10.1. The minimum atomic E-state index is -0.511. The molecule has 4 rings (SSSR count). The maximum absolute atomic E-state index is 12.7. The van der Waals surface area contributed by atoms with E-state index < -0.39 is 5.91 Å². The van der Waals surface area contributed by atoms with Crippen LogP contribution in [0, 0.1) is 25.2 Å². The van der Waals surface area contributed by atoms with Crippen molar-refractivity contribution in [1.29, 1.82) is 5.26 Å². The highest BCUT2D eigenvalue weighted by Gasteiger charge is 2.16. The summed E-state index contributed by atoms with van der Waals surface area (Å²) < 4.78 is 2.09. The average Bonchev–Trinajstić information content (AvgIpc) is 3.37. The van der Waals surface area contributed by atoms with Crippen LogP contribution in [0.1, 0.15) is 17.0 Å². The molecule has 2 aromatic heterocycles. The van der Waals surface area contributed by atoms with E-state index >= 15 is 0 Å². The predicted octanol–water partition coefficient (Wildman–Crippen LogP) is 5.16. The highest BCUT2D eigenvalue weighted by atomic mass is 32.1. The van der Waals surface area contributed by atoms with Crippen LogP contribution in [0.25, 0.3) is 22.3 Å². The number of aryl methyl sites for hydroxylation is 1. The number of nitrogens with one attached hydrogen (secondary N) is 1. The van der Waals surface area contributed by atoms with Gasteiger partial charge in [-0.2, -0.15) is 5.26 Å². The minimum absolute atomic E-state index is 0.00442. The normalized spacial score (nSPS) is 11.2. The van der Waals surface area contributed by atoms with E-state index in [1.54, 1.807) is 6.08 Å². The number of rotatable bonds is 5. The molecule has 6 nitrogen and oxygen atoms in total. The van der Waals surface area contributed by atoms with Crippen LogP contribution in [0.4, 0.5) is 5.13 Å². The molecule has 2 aromatic carbocycles. The van der Waals surface area contributed by atoms with Gasteiger partial charge in [0.15, 0.2) is 0 Å². The quantitative estimate of drug-likeness (QED) is 0.354. The number of carbonyl (C=O) groups excluding carboxylic acids is 1. The fourth-order valence-electron chi connectivity index (χ4n) is 3.35. The second-order valence-electron chi connectivity index (χ2n) is 6.90. The Hall–Kier alpha value is -4.02. The smallest absolute Gasteiger partial charge is 0.268 e. The van der Waals surface area contributed by atoms with E-state index in [9.17, 15) is 10.1 Å². The Morgan fingerprint density at radius 2 is 1.74 bits per heavy atom. The Kier molecular flexibility index (Phi) is 5.74. The molecule has 0 radical (unpaired) electrons. The van der Waals surface area contributed by atoms with Crippen molar-refractivity contribution >= 4 is 28.5 Å². The fourth-order valence-corrected chi connectivity index (χ4v) is 4.09. The number of carbonyl (C=O) groups is 1.